The second-order valence-electron chi connectivity index (χ2n) is 11.3. The number of hydrogen-bond acceptors (Lipinski definition) is 5. The number of carbonyl (C=O) groups excluding carboxylic acids is 2. The van der Waals surface area contributed by atoms with Crippen molar-refractivity contribution in [3.8, 4) is 22.5 Å². The highest BCUT2D eigenvalue weighted by Crippen LogP contribution is 2.48. The number of esters is 1. The number of halogens is 1. The maximum Gasteiger partial charge on any atom is 0.309 e. The number of amides is 1. The molecular weight excluding hydrogens is 543 g/mol. The van der Waals surface area contributed by atoms with E-state index in [9.17, 15) is 9.59 Å². The van der Waals surface area contributed by atoms with Crippen molar-refractivity contribution in [1.29, 1.82) is 0 Å². The molecule has 3 aromatic carbocycles. The van der Waals surface area contributed by atoms with Gasteiger partial charge in [-0.3, -0.25) is 9.59 Å². The second kappa shape index (κ2) is 10.8. The number of fused-ring (bicyclic) bond motifs is 2. The molecule has 1 saturated carbocycles. The highest BCUT2D eigenvalue weighted by Gasteiger charge is 2.45. The zero-order valence-corrected chi connectivity index (χ0v) is 24.0. The van der Waals surface area contributed by atoms with Gasteiger partial charge in [0.15, 0.2) is 5.65 Å². The second-order valence-corrected chi connectivity index (χ2v) is 11.3. The van der Waals surface area contributed by atoms with Crippen LogP contribution in [0.3, 0.4) is 0 Å². The minimum Gasteiger partial charge on any atom is -0.466 e. The summed E-state index contributed by atoms with van der Waals surface area (Å²) in [6, 6.07) is 26.4. The highest BCUT2D eigenvalue weighted by atomic mass is 19.1. The number of hydrogen-bond donors (Lipinski definition) is 0. The molecule has 43 heavy (non-hydrogen) atoms. The minimum absolute atomic E-state index is 0.0345. The fourth-order valence-corrected chi connectivity index (χ4v) is 6.27. The van der Waals surface area contributed by atoms with Crippen molar-refractivity contribution in [2.75, 3.05) is 13.2 Å². The number of aromatic nitrogens is 3. The molecule has 0 radical (unpaired) electrons. The Balaban J connectivity index is 1.25. The molecule has 1 amide bonds. The third-order valence-electron chi connectivity index (χ3n) is 8.65. The molecular formula is C35H31FN4O3. The maximum absolute atomic E-state index is 15.5. The van der Waals surface area contributed by atoms with Crippen LogP contribution in [0.5, 0.6) is 0 Å². The van der Waals surface area contributed by atoms with E-state index < -0.39 is 5.82 Å². The SMILES string of the molecule is CCOC(=O)[C@@H]1CC1c1ccc(-c2cc3nc(C(=O)N4CCc5ccccc5[C@H]4C)cc(-c4ccccc4)n3n2)c(F)c1. The topological polar surface area (TPSA) is 76.8 Å². The van der Waals surface area contributed by atoms with Crippen LogP contribution >= 0.6 is 0 Å². The fraction of sp³-hybridized carbons (Fsp3) is 0.257. The van der Waals surface area contributed by atoms with E-state index in [0.29, 0.717) is 47.9 Å². The Labute approximate surface area is 248 Å². The molecule has 1 fully saturated rings. The van der Waals surface area contributed by atoms with Gasteiger partial charge in [-0.15, -0.1) is 0 Å². The molecule has 1 aliphatic heterocycles. The number of rotatable bonds is 6. The quantitative estimate of drug-likeness (QED) is 0.213. The Morgan fingerprint density at radius 2 is 1.79 bits per heavy atom. The van der Waals surface area contributed by atoms with Gasteiger partial charge in [0.2, 0.25) is 0 Å². The molecule has 2 aliphatic rings. The lowest BCUT2D eigenvalue weighted by molar-refractivity contribution is -0.144. The summed E-state index contributed by atoms with van der Waals surface area (Å²) in [5, 5.41) is 4.75. The number of benzene rings is 3. The highest BCUT2D eigenvalue weighted by molar-refractivity contribution is 5.94. The zero-order chi connectivity index (χ0) is 29.7. The first-order valence-electron chi connectivity index (χ1n) is 14.7. The van der Waals surface area contributed by atoms with Crippen molar-refractivity contribution < 1.29 is 18.7 Å². The van der Waals surface area contributed by atoms with E-state index in [4.69, 9.17) is 14.8 Å². The summed E-state index contributed by atoms with van der Waals surface area (Å²) in [5.74, 6) is -1.06. The Morgan fingerprint density at radius 3 is 2.58 bits per heavy atom. The molecule has 0 saturated heterocycles. The van der Waals surface area contributed by atoms with Crippen LogP contribution in [0.1, 0.15) is 59.4 Å². The first-order chi connectivity index (χ1) is 20.9. The van der Waals surface area contributed by atoms with Gasteiger partial charge in [-0.05, 0) is 67.5 Å². The van der Waals surface area contributed by atoms with E-state index in [1.54, 1.807) is 29.6 Å². The summed E-state index contributed by atoms with van der Waals surface area (Å²) in [6.45, 7) is 4.76. The molecule has 0 N–H and O–H groups in total. The standard InChI is InChI=1S/C35H31FN4O3/c1-3-43-35(42)28-18-27(28)24-13-14-26(29(36)17-24)30-20-33-37-31(19-32(40(33)38-30)23-10-5-4-6-11-23)34(41)39-16-15-22-9-7-8-12-25(22)21(39)2/h4-14,17,19-21,27-28H,3,15-16,18H2,1-2H3/t21-,27?,28-/m1/s1. The van der Waals surface area contributed by atoms with Gasteiger partial charge in [0.1, 0.15) is 11.5 Å². The van der Waals surface area contributed by atoms with Crippen molar-refractivity contribution in [2.45, 2.75) is 38.6 Å². The summed E-state index contributed by atoms with van der Waals surface area (Å²) in [6.07, 6.45) is 1.45. The van der Waals surface area contributed by atoms with Gasteiger partial charge in [-0.2, -0.15) is 5.10 Å². The van der Waals surface area contributed by atoms with Gasteiger partial charge < -0.3 is 9.64 Å². The monoisotopic (exact) mass is 574 g/mol. The normalized spacial score (nSPS) is 19.2. The maximum atomic E-state index is 15.5. The van der Waals surface area contributed by atoms with Crippen molar-refractivity contribution in [3.05, 3.63) is 113 Å². The Bertz CT molecular complexity index is 1870. The first kappa shape index (κ1) is 27.0. The third-order valence-corrected chi connectivity index (χ3v) is 8.65. The minimum atomic E-state index is -0.422. The molecule has 1 unspecified atom stereocenters. The molecule has 1 aliphatic carbocycles. The van der Waals surface area contributed by atoms with Gasteiger partial charge in [-0.1, -0.05) is 60.7 Å². The fourth-order valence-electron chi connectivity index (χ4n) is 6.27. The summed E-state index contributed by atoms with van der Waals surface area (Å²) in [5.41, 5.74) is 6.26. The molecule has 3 atom stereocenters. The molecule has 7 rings (SSSR count). The van der Waals surface area contributed by atoms with E-state index in [1.807, 2.05) is 60.4 Å². The predicted octanol–water partition coefficient (Wildman–Crippen LogP) is 6.63. The Morgan fingerprint density at radius 1 is 1.00 bits per heavy atom. The lowest BCUT2D eigenvalue weighted by Crippen LogP contribution is -2.39. The van der Waals surface area contributed by atoms with Crippen molar-refractivity contribution in [1.82, 2.24) is 19.5 Å². The molecule has 2 aromatic heterocycles. The van der Waals surface area contributed by atoms with Crippen molar-refractivity contribution >= 4 is 17.5 Å². The molecule has 0 bridgehead atoms. The van der Waals surface area contributed by atoms with E-state index in [0.717, 1.165) is 23.1 Å². The van der Waals surface area contributed by atoms with Crippen LogP contribution in [-0.4, -0.2) is 44.5 Å². The molecule has 5 aromatic rings. The van der Waals surface area contributed by atoms with E-state index in [-0.39, 0.29) is 29.8 Å². The lowest BCUT2D eigenvalue weighted by atomic mass is 9.93. The third kappa shape index (κ3) is 4.86. The average Bonchev–Trinajstić information content (AvgIpc) is 3.72. The smallest absolute Gasteiger partial charge is 0.309 e. The van der Waals surface area contributed by atoms with Gasteiger partial charge in [-0.25, -0.2) is 13.9 Å². The van der Waals surface area contributed by atoms with Crippen LogP contribution < -0.4 is 0 Å². The van der Waals surface area contributed by atoms with E-state index in [2.05, 4.69) is 12.1 Å². The Kier molecular flexibility index (Phi) is 6.76. The van der Waals surface area contributed by atoms with Crippen LogP contribution in [0, 0.1) is 11.7 Å². The Hall–Kier alpha value is -4.85. The summed E-state index contributed by atoms with van der Waals surface area (Å²) in [7, 11) is 0. The molecule has 8 heteroatoms. The van der Waals surface area contributed by atoms with Gasteiger partial charge in [0.05, 0.1) is 30.0 Å². The van der Waals surface area contributed by atoms with E-state index in [1.165, 1.54) is 11.6 Å². The summed E-state index contributed by atoms with van der Waals surface area (Å²) >= 11 is 0. The first-order valence-corrected chi connectivity index (χ1v) is 14.7. The van der Waals surface area contributed by atoms with Crippen molar-refractivity contribution in [2.24, 2.45) is 5.92 Å². The zero-order valence-electron chi connectivity index (χ0n) is 24.0. The molecule has 3 heterocycles. The van der Waals surface area contributed by atoms with Gasteiger partial charge in [0, 0.05) is 23.7 Å². The van der Waals surface area contributed by atoms with Gasteiger partial charge >= 0.3 is 5.97 Å². The molecule has 216 valence electrons. The summed E-state index contributed by atoms with van der Waals surface area (Å²) in [4.78, 5) is 32.6. The van der Waals surface area contributed by atoms with Crippen LogP contribution in [0.25, 0.3) is 28.2 Å². The molecule has 7 nitrogen and oxygen atoms in total. The predicted molar refractivity (Wildman–Crippen MR) is 161 cm³/mol. The van der Waals surface area contributed by atoms with Crippen LogP contribution in [0.4, 0.5) is 4.39 Å². The van der Waals surface area contributed by atoms with Crippen LogP contribution in [0.2, 0.25) is 0 Å². The van der Waals surface area contributed by atoms with Crippen LogP contribution in [-0.2, 0) is 16.0 Å². The average molecular weight is 575 g/mol. The number of carbonyl (C=O) groups is 2. The largest absolute Gasteiger partial charge is 0.466 e. The van der Waals surface area contributed by atoms with Crippen molar-refractivity contribution in [3.63, 3.8) is 0 Å². The summed E-state index contributed by atoms with van der Waals surface area (Å²) < 4.78 is 22.3. The van der Waals surface area contributed by atoms with Crippen LogP contribution in [0.15, 0.2) is 84.9 Å². The number of nitrogens with zero attached hydrogens (tertiary/aromatic N) is 4. The van der Waals surface area contributed by atoms with Gasteiger partial charge in [0.25, 0.3) is 5.91 Å². The van der Waals surface area contributed by atoms with E-state index >= 15 is 4.39 Å². The lowest BCUT2D eigenvalue weighted by Gasteiger charge is -2.35. The molecule has 0 spiro atoms. The number of ether oxygens (including phenoxy) is 1.